The van der Waals surface area contributed by atoms with Gasteiger partial charge in [-0.3, -0.25) is 4.79 Å². The summed E-state index contributed by atoms with van der Waals surface area (Å²) in [6, 6.07) is 7.30. The normalized spacial score (nSPS) is 10.4. The lowest BCUT2D eigenvalue weighted by atomic mass is 10.1. The van der Waals surface area contributed by atoms with Crippen LogP contribution in [0.15, 0.2) is 41.3 Å². The molecule has 0 bridgehead atoms. The third kappa shape index (κ3) is 3.90. The highest BCUT2D eigenvalue weighted by Gasteiger charge is 2.05. The van der Waals surface area contributed by atoms with E-state index in [2.05, 4.69) is 10.3 Å². The first-order chi connectivity index (χ1) is 9.29. The molecule has 0 saturated carbocycles. The van der Waals surface area contributed by atoms with Gasteiger partial charge in [-0.15, -0.1) is 0 Å². The maximum absolute atomic E-state index is 11.6. The minimum atomic E-state index is -0.219. The zero-order chi connectivity index (χ0) is 13.5. The second-order valence-electron chi connectivity index (χ2n) is 3.84. The molecule has 0 unspecified atom stereocenters. The van der Waals surface area contributed by atoms with Crippen molar-refractivity contribution in [3.05, 3.63) is 36.9 Å². The Labute approximate surface area is 110 Å². The zero-order valence-electron chi connectivity index (χ0n) is 10.3. The molecule has 0 spiro atoms. The summed E-state index contributed by atoms with van der Waals surface area (Å²) < 4.78 is 10.3. The van der Waals surface area contributed by atoms with Crippen molar-refractivity contribution in [3.63, 3.8) is 0 Å². The maximum atomic E-state index is 11.6. The molecule has 6 nitrogen and oxygen atoms in total. The molecule has 1 heterocycles. The van der Waals surface area contributed by atoms with E-state index < -0.39 is 0 Å². The number of ether oxygens (including phenoxy) is 1. The molecule has 1 amide bonds. The van der Waals surface area contributed by atoms with Crippen LogP contribution < -0.4 is 11.1 Å². The topological polar surface area (TPSA) is 90.4 Å². The Bertz CT molecular complexity index is 526. The first-order valence-corrected chi connectivity index (χ1v) is 5.86. The predicted octanol–water partition coefficient (Wildman–Crippen LogP) is 1.26. The number of nitrogens with two attached hydrogens (primary N) is 1. The molecule has 2 aromatic rings. The van der Waals surface area contributed by atoms with E-state index in [9.17, 15) is 4.79 Å². The van der Waals surface area contributed by atoms with Crippen LogP contribution in [-0.2, 0) is 9.53 Å². The molecule has 0 atom stereocenters. The second-order valence-corrected chi connectivity index (χ2v) is 3.84. The van der Waals surface area contributed by atoms with Gasteiger partial charge >= 0.3 is 0 Å². The first kappa shape index (κ1) is 13.3. The van der Waals surface area contributed by atoms with Crippen molar-refractivity contribution < 1.29 is 13.9 Å². The summed E-state index contributed by atoms with van der Waals surface area (Å²) in [5.74, 6) is 0.429. The number of rotatable bonds is 6. The summed E-state index contributed by atoms with van der Waals surface area (Å²) in [6.07, 6.45) is 2.98. The van der Waals surface area contributed by atoms with Gasteiger partial charge in [-0.25, -0.2) is 4.98 Å². The van der Waals surface area contributed by atoms with Crippen LogP contribution in [0.2, 0.25) is 0 Å². The number of oxazole rings is 1. The lowest BCUT2D eigenvalue weighted by Crippen LogP contribution is -2.20. The van der Waals surface area contributed by atoms with Crippen LogP contribution in [0.1, 0.15) is 0 Å². The molecule has 0 aliphatic rings. The molecule has 1 aromatic heterocycles. The number of nitrogens with one attached hydrogen (secondary N) is 1. The van der Waals surface area contributed by atoms with Gasteiger partial charge in [0.25, 0.3) is 0 Å². The minimum Gasteiger partial charge on any atom is -0.444 e. The molecule has 2 rings (SSSR count). The van der Waals surface area contributed by atoms with Gasteiger partial charge in [0.2, 0.25) is 5.91 Å². The standard InChI is InChI=1S/C13H15N3O3/c14-4-5-18-8-13(17)16-11-3-1-2-10(6-11)12-7-15-9-19-12/h1-3,6-7,9H,4-5,8,14H2,(H,16,17). The van der Waals surface area contributed by atoms with E-state index in [1.165, 1.54) is 6.39 Å². The Kier molecular flexibility index (Phi) is 4.66. The number of aromatic nitrogens is 1. The van der Waals surface area contributed by atoms with E-state index in [4.69, 9.17) is 14.9 Å². The average molecular weight is 261 g/mol. The smallest absolute Gasteiger partial charge is 0.250 e. The average Bonchev–Trinajstić information content (AvgIpc) is 2.93. The molecule has 0 saturated heterocycles. The van der Waals surface area contributed by atoms with Crippen LogP contribution in [-0.4, -0.2) is 30.6 Å². The van der Waals surface area contributed by atoms with Crippen molar-refractivity contribution in [2.75, 3.05) is 25.1 Å². The summed E-state index contributed by atoms with van der Waals surface area (Å²) in [4.78, 5) is 15.4. The highest BCUT2D eigenvalue weighted by Crippen LogP contribution is 2.21. The Hall–Kier alpha value is -2.18. The van der Waals surface area contributed by atoms with E-state index in [1.54, 1.807) is 18.3 Å². The van der Waals surface area contributed by atoms with Crippen molar-refractivity contribution in [2.45, 2.75) is 0 Å². The number of benzene rings is 1. The Morgan fingerprint density at radius 2 is 2.37 bits per heavy atom. The van der Waals surface area contributed by atoms with Gasteiger partial charge in [0.1, 0.15) is 6.61 Å². The van der Waals surface area contributed by atoms with Gasteiger partial charge in [0.15, 0.2) is 12.2 Å². The fourth-order valence-electron chi connectivity index (χ4n) is 1.55. The van der Waals surface area contributed by atoms with Crippen LogP contribution in [0.25, 0.3) is 11.3 Å². The van der Waals surface area contributed by atoms with Gasteiger partial charge in [0.05, 0.1) is 12.8 Å². The largest absolute Gasteiger partial charge is 0.444 e. The second kappa shape index (κ2) is 6.67. The third-order valence-corrected chi connectivity index (χ3v) is 2.36. The first-order valence-electron chi connectivity index (χ1n) is 5.86. The number of carbonyl (C=O) groups is 1. The van der Waals surface area contributed by atoms with Crippen LogP contribution in [0.5, 0.6) is 0 Å². The molecular formula is C13H15N3O3. The van der Waals surface area contributed by atoms with E-state index in [0.29, 0.717) is 24.6 Å². The molecule has 0 aliphatic heterocycles. The number of amides is 1. The van der Waals surface area contributed by atoms with Crippen LogP contribution >= 0.6 is 0 Å². The van der Waals surface area contributed by atoms with Crippen LogP contribution in [0.3, 0.4) is 0 Å². The Balaban J connectivity index is 1.97. The number of anilines is 1. The molecule has 0 aliphatic carbocycles. The number of nitrogens with zero attached hydrogens (tertiary/aromatic N) is 1. The maximum Gasteiger partial charge on any atom is 0.250 e. The quantitative estimate of drug-likeness (QED) is 0.764. The van der Waals surface area contributed by atoms with Gasteiger partial charge in [-0.05, 0) is 12.1 Å². The molecular weight excluding hydrogens is 246 g/mol. The van der Waals surface area contributed by atoms with E-state index >= 15 is 0 Å². The summed E-state index contributed by atoms with van der Waals surface area (Å²) >= 11 is 0. The lowest BCUT2D eigenvalue weighted by Gasteiger charge is -2.06. The lowest BCUT2D eigenvalue weighted by molar-refractivity contribution is -0.120. The van der Waals surface area contributed by atoms with Crippen LogP contribution in [0, 0.1) is 0 Å². The fraction of sp³-hybridized carbons (Fsp3) is 0.231. The van der Waals surface area contributed by atoms with E-state index in [0.717, 1.165) is 5.56 Å². The van der Waals surface area contributed by atoms with E-state index in [-0.39, 0.29) is 12.5 Å². The monoisotopic (exact) mass is 261 g/mol. The molecule has 100 valence electrons. The predicted molar refractivity (Wildman–Crippen MR) is 70.4 cm³/mol. The zero-order valence-corrected chi connectivity index (χ0v) is 10.3. The summed E-state index contributed by atoms with van der Waals surface area (Å²) in [5.41, 5.74) is 6.79. The minimum absolute atomic E-state index is 0.0102. The number of hydrogen-bond donors (Lipinski definition) is 2. The molecule has 3 N–H and O–H groups in total. The third-order valence-electron chi connectivity index (χ3n) is 2.36. The Morgan fingerprint density at radius 3 is 3.11 bits per heavy atom. The van der Waals surface area contributed by atoms with Crippen molar-refractivity contribution in [3.8, 4) is 11.3 Å². The molecule has 0 radical (unpaired) electrons. The highest BCUT2D eigenvalue weighted by molar-refractivity contribution is 5.92. The van der Waals surface area contributed by atoms with Crippen molar-refractivity contribution in [1.82, 2.24) is 4.98 Å². The number of carbonyl (C=O) groups excluding carboxylic acids is 1. The Morgan fingerprint density at radius 1 is 1.47 bits per heavy atom. The fourth-order valence-corrected chi connectivity index (χ4v) is 1.55. The van der Waals surface area contributed by atoms with Crippen molar-refractivity contribution in [1.29, 1.82) is 0 Å². The van der Waals surface area contributed by atoms with Gasteiger partial charge in [0, 0.05) is 17.8 Å². The van der Waals surface area contributed by atoms with E-state index in [1.807, 2.05) is 12.1 Å². The van der Waals surface area contributed by atoms with Gasteiger partial charge in [-0.1, -0.05) is 12.1 Å². The van der Waals surface area contributed by atoms with Crippen molar-refractivity contribution in [2.24, 2.45) is 5.73 Å². The number of hydrogen-bond acceptors (Lipinski definition) is 5. The molecule has 19 heavy (non-hydrogen) atoms. The van der Waals surface area contributed by atoms with Crippen molar-refractivity contribution >= 4 is 11.6 Å². The highest BCUT2D eigenvalue weighted by atomic mass is 16.5. The molecule has 1 aromatic carbocycles. The van der Waals surface area contributed by atoms with Gasteiger partial charge in [-0.2, -0.15) is 0 Å². The summed E-state index contributed by atoms with van der Waals surface area (Å²) in [5, 5.41) is 2.74. The SMILES string of the molecule is NCCOCC(=O)Nc1cccc(-c2cnco2)c1. The summed E-state index contributed by atoms with van der Waals surface area (Å²) in [7, 11) is 0. The van der Waals surface area contributed by atoms with Gasteiger partial charge < -0.3 is 20.2 Å². The van der Waals surface area contributed by atoms with Crippen LogP contribution in [0.4, 0.5) is 5.69 Å². The summed E-state index contributed by atoms with van der Waals surface area (Å²) in [6.45, 7) is 0.753. The molecule has 6 heteroatoms. The molecule has 0 fully saturated rings.